The van der Waals surface area contributed by atoms with E-state index in [1.54, 1.807) is 35.2 Å². The van der Waals surface area contributed by atoms with Gasteiger partial charge >= 0.3 is 0 Å². The monoisotopic (exact) mass is 393 g/mol. The first-order chi connectivity index (χ1) is 13.6. The molecule has 28 heavy (non-hydrogen) atoms. The molecule has 0 fully saturated rings. The Kier molecular flexibility index (Phi) is 3.94. The van der Waals surface area contributed by atoms with Gasteiger partial charge in [-0.15, -0.1) is 0 Å². The van der Waals surface area contributed by atoms with Gasteiger partial charge in [-0.05, 0) is 48.0 Å². The van der Waals surface area contributed by atoms with Crippen molar-refractivity contribution in [2.24, 2.45) is 0 Å². The molecule has 6 nitrogen and oxygen atoms in total. The van der Waals surface area contributed by atoms with Gasteiger partial charge in [-0.25, -0.2) is 0 Å². The number of amides is 2. The maximum atomic E-state index is 13.1. The fourth-order valence-electron chi connectivity index (χ4n) is 3.76. The summed E-state index contributed by atoms with van der Waals surface area (Å²) >= 11 is 5.97. The van der Waals surface area contributed by atoms with E-state index in [1.165, 1.54) is 0 Å². The number of anilines is 1. The summed E-state index contributed by atoms with van der Waals surface area (Å²) in [4.78, 5) is 26.4. The first-order valence-corrected chi connectivity index (χ1v) is 9.42. The molecule has 0 aliphatic carbocycles. The highest BCUT2D eigenvalue weighted by Crippen LogP contribution is 2.32. The third-order valence-corrected chi connectivity index (χ3v) is 5.46. The Hall–Kier alpha value is -3.12. The summed E-state index contributed by atoms with van der Waals surface area (Å²) in [6.07, 6.45) is 0.954. The molecule has 2 amide bonds. The Morgan fingerprint density at radius 1 is 1.18 bits per heavy atom. The zero-order chi connectivity index (χ0) is 19.3. The summed E-state index contributed by atoms with van der Waals surface area (Å²) in [6, 6.07) is 12.7. The fourth-order valence-corrected chi connectivity index (χ4v) is 3.88. The van der Waals surface area contributed by atoms with Crippen LogP contribution in [0.5, 0.6) is 0 Å². The van der Waals surface area contributed by atoms with E-state index >= 15 is 0 Å². The van der Waals surface area contributed by atoms with Gasteiger partial charge < -0.3 is 14.7 Å². The number of nitrogens with one attached hydrogen (secondary N) is 1. The second-order valence-corrected chi connectivity index (χ2v) is 7.45. The first kappa shape index (κ1) is 17.0. The molecule has 3 heterocycles. The molecule has 5 rings (SSSR count). The lowest BCUT2D eigenvalue weighted by Gasteiger charge is -2.26. The number of benzene rings is 2. The van der Waals surface area contributed by atoms with Gasteiger partial charge in [0.1, 0.15) is 0 Å². The van der Waals surface area contributed by atoms with Crippen LogP contribution in [0.25, 0.3) is 11.3 Å². The van der Waals surface area contributed by atoms with Crippen molar-refractivity contribution in [1.29, 1.82) is 0 Å². The molecule has 0 atom stereocenters. The molecule has 2 aromatic carbocycles. The van der Waals surface area contributed by atoms with Gasteiger partial charge in [0.15, 0.2) is 5.76 Å². The highest BCUT2D eigenvalue weighted by molar-refractivity contribution is 6.30. The molecule has 0 saturated carbocycles. The molecular weight excluding hydrogens is 378 g/mol. The minimum atomic E-state index is -0.0592. The third kappa shape index (κ3) is 2.86. The van der Waals surface area contributed by atoms with Crippen molar-refractivity contribution in [3.8, 4) is 11.3 Å². The van der Waals surface area contributed by atoms with Crippen molar-refractivity contribution < 1.29 is 14.1 Å². The van der Waals surface area contributed by atoms with Crippen molar-refractivity contribution in [1.82, 2.24) is 10.1 Å². The van der Waals surface area contributed by atoms with E-state index < -0.39 is 0 Å². The summed E-state index contributed by atoms with van der Waals surface area (Å²) in [7, 11) is 0. The lowest BCUT2D eigenvalue weighted by atomic mass is 10.0. The number of hydrogen-bond acceptors (Lipinski definition) is 4. The van der Waals surface area contributed by atoms with Gasteiger partial charge in [0.2, 0.25) is 5.91 Å². The number of carbonyl (C=O) groups is 2. The Balaban J connectivity index is 1.42. The van der Waals surface area contributed by atoms with Crippen molar-refractivity contribution in [2.75, 3.05) is 11.9 Å². The molecule has 140 valence electrons. The second kappa shape index (κ2) is 6.49. The van der Waals surface area contributed by atoms with Crippen LogP contribution in [-0.4, -0.2) is 28.4 Å². The van der Waals surface area contributed by atoms with Gasteiger partial charge in [-0.1, -0.05) is 16.8 Å². The van der Waals surface area contributed by atoms with E-state index in [2.05, 4.69) is 10.5 Å². The molecule has 0 spiro atoms. The zero-order valence-corrected chi connectivity index (χ0v) is 15.6. The van der Waals surface area contributed by atoms with Crippen LogP contribution in [0.2, 0.25) is 5.02 Å². The van der Waals surface area contributed by atoms with E-state index in [0.717, 1.165) is 28.1 Å². The highest BCUT2D eigenvalue weighted by Gasteiger charge is 2.29. The van der Waals surface area contributed by atoms with Gasteiger partial charge in [0, 0.05) is 40.4 Å². The Labute approximate surface area is 166 Å². The molecule has 1 aromatic heterocycles. The second-order valence-electron chi connectivity index (χ2n) is 7.02. The number of fused-ring (bicyclic) bond motifs is 2. The minimum absolute atomic E-state index is 0.0423. The van der Waals surface area contributed by atoms with Crippen LogP contribution in [-0.2, 0) is 24.2 Å². The van der Waals surface area contributed by atoms with Crippen molar-refractivity contribution in [3.05, 3.63) is 69.9 Å². The van der Waals surface area contributed by atoms with Crippen LogP contribution >= 0.6 is 11.6 Å². The predicted octanol–water partition coefficient (Wildman–Crippen LogP) is 3.69. The molecule has 0 bridgehead atoms. The van der Waals surface area contributed by atoms with E-state index in [4.69, 9.17) is 16.1 Å². The summed E-state index contributed by atoms with van der Waals surface area (Å²) in [5.41, 5.74) is 4.93. The van der Waals surface area contributed by atoms with E-state index in [9.17, 15) is 9.59 Å². The number of aromatic nitrogens is 1. The van der Waals surface area contributed by atoms with Crippen LogP contribution in [0.1, 0.15) is 27.2 Å². The quantitative estimate of drug-likeness (QED) is 0.720. The number of nitrogens with zero attached hydrogens (tertiary/aromatic N) is 2. The Morgan fingerprint density at radius 3 is 2.82 bits per heavy atom. The molecule has 0 unspecified atom stereocenters. The average molecular weight is 394 g/mol. The topological polar surface area (TPSA) is 75.4 Å². The van der Waals surface area contributed by atoms with Crippen molar-refractivity contribution in [2.45, 2.75) is 19.4 Å². The van der Waals surface area contributed by atoms with Gasteiger partial charge in [-0.3, -0.25) is 9.59 Å². The molecule has 2 aliphatic rings. The van der Waals surface area contributed by atoms with Crippen LogP contribution in [0.3, 0.4) is 0 Å². The lowest BCUT2D eigenvalue weighted by molar-refractivity contribution is -0.115. The summed E-state index contributed by atoms with van der Waals surface area (Å²) in [6.45, 7) is 1.01. The van der Waals surface area contributed by atoms with Crippen molar-refractivity contribution in [3.63, 3.8) is 0 Å². The summed E-state index contributed by atoms with van der Waals surface area (Å²) in [5, 5.41) is 7.63. The minimum Gasteiger partial charge on any atom is -0.356 e. The predicted molar refractivity (Wildman–Crippen MR) is 104 cm³/mol. The summed E-state index contributed by atoms with van der Waals surface area (Å²) < 4.78 is 5.57. The highest BCUT2D eigenvalue weighted by atomic mass is 35.5. The smallest absolute Gasteiger partial charge is 0.254 e. The normalized spacial score (nSPS) is 15.2. The maximum absolute atomic E-state index is 13.1. The maximum Gasteiger partial charge on any atom is 0.254 e. The lowest BCUT2D eigenvalue weighted by Crippen LogP contribution is -2.36. The largest absolute Gasteiger partial charge is 0.356 e. The van der Waals surface area contributed by atoms with Gasteiger partial charge in [0.25, 0.3) is 5.91 Å². The molecule has 0 radical (unpaired) electrons. The summed E-state index contributed by atoms with van der Waals surface area (Å²) in [5.74, 6) is 0.572. The standard InChI is InChI=1S/C21H16ClN3O3/c22-15-4-1-12(2-5-15)20-16-11-25(8-7-18(16)24-28-20)21(27)13-3-6-17-14(9-13)10-19(26)23-17/h1-6,9H,7-8,10-11H2,(H,23,26). The molecular formula is C21H16ClN3O3. The first-order valence-electron chi connectivity index (χ1n) is 9.04. The van der Waals surface area contributed by atoms with E-state index in [1.807, 2.05) is 12.1 Å². The number of carbonyl (C=O) groups excluding carboxylic acids is 2. The van der Waals surface area contributed by atoms with Crippen LogP contribution in [0, 0.1) is 0 Å². The number of rotatable bonds is 2. The van der Waals surface area contributed by atoms with Crippen LogP contribution in [0.15, 0.2) is 47.0 Å². The fraction of sp³-hybridized carbons (Fsp3) is 0.190. The van der Waals surface area contributed by atoms with E-state index in [0.29, 0.717) is 42.3 Å². The Bertz CT molecular complexity index is 1100. The molecule has 7 heteroatoms. The SMILES string of the molecule is O=C1Cc2cc(C(=O)N3CCc4noc(-c5ccc(Cl)cc5)c4C3)ccc2N1. The van der Waals surface area contributed by atoms with Crippen LogP contribution in [0.4, 0.5) is 5.69 Å². The number of hydrogen-bond donors (Lipinski definition) is 1. The zero-order valence-electron chi connectivity index (χ0n) is 14.9. The molecule has 2 aliphatic heterocycles. The third-order valence-electron chi connectivity index (χ3n) is 5.21. The molecule has 1 N–H and O–H groups in total. The van der Waals surface area contributed by atoms with E-state index in [-0.39, 0.29) is 11.8 Å². The molecule has 3 aromatic rings. The van der Waals surface area contributed by atoms with Crippen molar-refractivity contribution >= 4 is 29.1 Å². The van der Waals surface area contributed by atoms with Gasteiger partial charge in [-0.2, -0.15) is 0 Å². The average Bonchev–Trinajstić information content (AvgIpc) is 3.29. The number of halogens is 1. The molecule has 0 saturated heterocycles. The van der Waals surface area contributed by atoms with Gasteiger partial charge in [0.05, 0.1) is 18.7 Å². The van der Waals surface area contributed by atoms with Crippen LogP contribution < -0.4 is 5.32 Å². The Morgan fingerprint density at radius 2 is 2.00 bits per heavy atom.